The predicted octanol–water partition coefficient (Wildman–Crippen LogP) is 1.57. The van der Waals surface area contributed by atoms with E-state index in [1.807, 2.05) is 6.92 Å². The van der Waals surface area contributed by atoms with Crippen molar-refractivity contribution in [2.45, 2.75) is 19.4 Å². The largest absolute Gasteiger partial charge is 0.504 e. The molecule has 0 aromatic heterocycles. The molecule has 0 aliphatic rings. The van der Waals surface area contributed by atoms with E-state index < -0.39 is 0 Å². The Morgan fingerprint density at radius 3 is 2.38 bits per heavy atom. The molecule has 0 spiro atoms. The Morgan fingerprint density at radius 2 is 1.92 bits per heavy atom. The molecule has 0 radical (unpaired) electrons. The van der Waals surface area contributed by atoms with Gasteiger partial charge in [-0.25, -0.2) is 0 Å². The number of nitrogens with two attached hydrogens (primary N) is 1. The molecule has 1 atom stereocenters. The molecule has 0 saturated carbocycles. The minimum Gasteiger partial charge on any atom is -0.504 e. The summed E-state index contributed by atoms with van der Waals surface area (Å²) >= 11 is 0. The van der Waals surface area contributed by atoms with Gasteiger partial charge >= 0.3 is 0 Å². The van der Waals surface area contributed by atoms with Crippen LogP contribution in [0.4, 0.5) is 0 Å². The maximum atomic E-state index is 9.12. The third-order valence-corrected chi connectivity index (χ3v) is 1.60. The minimum atomic E-state index is -0.0941. The molecule has 1 rings (SSSR count). The molecular formula is C9H14BrNO2. The van der Waals surface area contributed by atoms with Crippen LogP contribution in [-0.2, 0) is 6.42 Å². The highest BCUT2D eigenvalue weighted by molar-refractivity contribution is 8.93. The molecule has 74 valence electrons. The molecule has 4 heteroatoms. The Morgan fingerprint density at radius 1 is 1.31 bits per heavy atom. The van der Waals surface area contributed by atoms with Crippen LogP contribution in [0, 0.1) is 0 Å². The molecule has 0 bridgehead atoms. The molecule has 3 nitrogen and oxygen atoms in total. The lowest BCUT2D eigenvalue weighted by atomic mass is 10.1. The monoisotopic (exact) mass is 247 g/mol. The van der Waals surface area contributed by atoms with Crippen LogP contribution in [0.2, 0.25) is 0 Å². The second kappa shape index (κ2) is 5.09. The summed E-state index contributed by atoms with van der Waals surface area (Å²) < 4.78 is 0. The van der Waals surface area contributed by atoms with Crippen molar-refractivity contribution in [3.63, 3.8) is 0 Å². The number of phenols is 2. The molecule has 0 aliphatic heterocycles. The van der Waals surface area contributed by atoms with Crippen LogP contribution in [0.25, 0.3) is 0 Å². The average molecular weight is 248 g/mol. The summed E-state index contributed by atoms with van der Waals surface area (Å²) in [5, 5.41) is 18.1. The van der Waals surface area contributed by atoms with Gasteiger partial charge in [0.1, 0.15) is 0 Å². The predicted molar refractivity (Wildman–Crippen MR) is 57.4 cm³/mol. The Hall–Kier alpha value is -0.740. The maximum Gasteiger partial charge on any atom is 0.157 e. The highest BCUT2D eigenvalue weighted by atomic mass is 79.9. The van der Waals surface area contributed by atoms with E-state index in [4.69, 9.17) is 15.9 Å². The fourth-order valence-electron chi connectivity index (χ4n) is 1.07. The maximum absolute atomic E-state index is 9.12. The van der Waals surface area contributed by atoms with E-state index in [1.54, 1.807) is 6.07 Å². The molecule has 0 fully saturated rings. The van der Waals surface area contributed by atoms with Crippen LogP contribution in [-0.4, -0.2) is 16.3 Å². The fourth-order valence-corrected chi connectivity index (χ4v) is 1.07. The summed E-state index contributed by atoms with van der Waals surface area (Å²) in [5.41, 5.74) is 6.50. The molecule has 0 amide bonds. The summed E-state index contributed by atoms with van der Waals surface area (Å²) in [6, 6.07) is 4.80. The second-order valence-corrected chi connectivity index (χ2v) is 3.00. The summed E-state index contributed by atoms with van der Waals surface area (Å²) in [6.45, 7) is 1.89. The van der Waals surface area contributed by atoms with Gasteiger partial charge in [0.25, 0.3) is 0 Å². The first kappa shape index (κ1) is 12.3. The van der Waals surface area contributed by atoms with E-state index in [1.165, 1.54) is 12.1 Å². The number of aromatic hydroxyl groups is 2. The van der Waals surface area contributed by atoms with Crippen LogP contribution in [0.1, 0.15) is 12.5 Å². The zero-order chi connectivity index (χ0) is 9.14. The highest BCUT2D eigenvalue weighted by Gasteiger charge is 2.02. The van der Waals surface area contributed by atoms with Crippen LogP contribution >= 0.6 is 17.0 Å². The Kier molecular flexibility index (Phi) is 4.80. The van der Waals surface area contributed by atoms with Crippen molar-refractivity contribution >= 4 is 17.0 Å². The molecule has 1 aromatic carbocycles. The molecule has 1 unspecified atom stereocenters. The first-order chi connectivity index (χ1) is 5.59. The van der Waals surface area contributed by atoms with Crippen molar-refractivity contribution in [2.75, 3.05) is 0 Å². The van der Waals surface area contributed by atoms with Gasteiger partial charge < -0.3 is 15.9 Å². The van der Waals surface area contributed by atoms with Crippen molar-refractivity contribution in [1.29, 1.82) is 0 Å². The number of phenolic OH excluding ortho intramolecular Hbond substituents is 2. The zero-order valence-corrected chi connectivity index (χ0v) is 9.11. The Bertz CT molecular complexity index is 276. The third-order valence-electron chi connectivity index (χ3n) is 1.60. The SMILES string of the molecule is Br.CC(N)Cc1ccc(O)c(O)c1. The summed E-state index contributed by atoms with van der Waals surface area (Å²) in [6.07, 6.45) is 0.702. The van der Waals surface area contributed by atoms with Gasteiger partial charge in [0.2, 0.25) is 0 Å². The summed E-state index contributed by atoms with van der Waals surface area (Å²) in [7, 11) is 0. The lowest BCUT2D eigenvalue weighted by Gasteiger charge is -2.05. The van der Waals surface area contributed by atoms with E-state index in [0.717, 1.165) is 5.56 Å². The van der Waals surface area contributed by atoms with E-state index in [2.05, 4.69) is 0 Å². The zero-order valence-electron chi connectivity index (χ0n) is 7.40. The molecule has 1 aromatic rings. The smallest absolute Gasteiger partial charge is 0.157 e. The number of hydrogen-bond donors (Lipinski definition) is 3. The van der Waals surface area contributed by atoms with Gasteiger partial charge in [0.05, 0.1) is 0 Å². The van der Waals surface area contributed by atoms with Crippen LogP contribution in [0.5, 0.6) is 11.5 Å². The number of benzene rings is 1. The highest BCUT2D eigenvalue weighted by Crippen LogP contribution is 2.25. The van der Waals surface area contributed by atoms with Gasteiger partial charge in [0.15, 0.2) is 11.5 Å². The fraction of sp³-hybridized carbons (Fsp3) is 0.333. The Labute approximate surface area is 88.0 Å². The van der Waals surface area contributed by atoms with E-state index >= 15 is 0 Å². The van der Waals surface area contributed by atoms with Gasteiger partial charge in [-0.05, 0) is 31.0 Å². The van der Waals surface area contributed by atoms with E-state index in [0.29, 0.717) is 6.42 Å². The van der Waals surface area contributed by atoms with Crippen molar-refractivity contribution < 1.29 is 10.2 Å². The lowest BCUT2D eigenvalue weighted by Crippen LogP contribution is -2.17. The standard InChI is InChI=1S/C9H13NO2.BrH/c1-6(10)4-7-2-3-8(11)9(12)5-7;/h2-3,5-6,11-12H,4,10H2,1H3;1H. The van der Waals surface area contributed by atoms with E-state index in [-0.39, 0.29) is 34.5 Å². The van der Waals surface area contributed by atoms with Gasteiger partial charge in [-0.3, -0.25) is 0 Å². The van der Waals surface area contributed by atoms with Crippen molar-refractivity contribution in [3.05, 3.63) is 23.8 Å². The molecule has 13 heavy (non-hydrogen) atoms. The molecular weight excluding hydrogens is 234 g/mol. The van der Waals surface area contributed by atoms with Crippen molar-refractivity contribution in [2.24, 2.45) is 5.73 Å². The second-order valence-electron chi connectivity index (χ2n) is 3.00. The average Bonchev–Trinajstić information content (AvgIpc) is 1.96. The van der Waals surface area contributed by atoms with Crippen LogP contribution in [0.3, 0.4) is 0 Å². The van der Waals surface area contributed by atoms with Crippen molar-refractivity contribution in [1.82, 2.24) is 0 Å². The lowest BCUT2D eigenvalue weighted by molar-refractivity contribution is 0.403. The minimum absolute atomic E-state index is 0. The van der Waals surface area contributed by atoms with Crippen LogP contribution < -0.4 is 5.73 Å². The molecule has 0 aliphatic carbocycles. The number of halogens is 1. The first-order valence-corrected chi connectivity index (χ1v) is 3.86. The first-order valence-electron chi connectivity index (χ1n) is 3.86. The van der Waals surface area contributed by atoms with Crippen LogP contribution in [0.15, 0.2) is 18.2 Å². The van der Waals surface area contributed by atoms with Gasteiger partial charge in [-0.1, -0.05) is 6.07 Å². The topological polar surface area (TPSA) is 66.5 Å². The molecule has 4 N–H and O–H groups in total. The normalized spacial score (nSPS) is 11.8. The van der Waals surface area contributed by atoms with Gasteiger partial charge in [-0.2, -0.15) is 0 Å². The van der Waals surface area contributed by atoms with Crippen molar-refractivity contribution in [3.8, 4) is 11.5 Å². The van der Waals surface area contributed by atoms with Gasteiger partial charge in [-0.15, -0.1) is 17.0 Å². The Balaban J connectivity index is 0.00000144. The van der Waals surface area contributed by atoms with E-state index in [9.17, 15) is 0 Å². The number of hydrogen-bond acceptors (Lipinski definition) is 3. The number of rotatable bonds is 2. The quantitative estimate of drug-likeness (QED) is 0.696. The summed E-state index contributed by atoms with van der Waals surface area (Å²) in [4.78, 5) is 0. The summed E-state index contributed by atoms with van der Waals surface area (Å²) in [5.74, 6) is -0.184. The van der Waals surface area contributed by atoms with Gasteiger partial charge in [0, 0.05) is 6.04 Å². The molecule has 0 saturated heterocycles. The molecule has 0 heterocycles. The third kappa shape index (κ3) is 3.65.